The Labute approximate surface area is 92.4 Å². The topological polar surface area (TPSA) is 71.7 Å². The van der Waals surface area contributed by atoms with Crippen LogP contribution in [0.3, 0.4) is 0 Å². The number of nitrogens with zero attached hydrogens (tertiary/aromatic N) is 1. The minimum absolute atomic E-state index is 0.262. The zero-order chi connectivity index (χ0) is 11.5. The third kappa shape index (κ3) is 9.49. The zero-order valence-electron chi connectivity index (χ0n) is 10.0. The van der Waals surface area contributed by atoms with E-state index in [-0.39, 0.29) is 6.10 Å². The number of guanidine groups is 1. The Morgan fingerprint density at radius 2 is 2.20 bits per heavy atom. The molecule has 0 rings (SSSR count). The second kappa shape index (κ2) is 9.73. The van der Waals surface area contributed by atoms with Gasteiger partial charge in [-0.15, -0.1) is 0 Å². The predicted molar refractivity (Wildman–Crippen MR) is 63.6 cm³/mol. The van der Waals surface area contributed by atoms with Crippen molar-refractivity contribution >= 4 is 5.96 Å². The summed E-state index contributed by atoms with van der Waals surface area (Å²) in [5.74, 6) is 5.95. The van der Waals surface area contributed by atoms with Crippen LogP contribution < -0.4 is 16.6 Å². The van der Waals surface area contributed by atoms with Gasteiger partial charge in [0.05, 0.1) is 12.7 Å². The molecule has 0 bridgehead atoms. The molecule has 0 aliphatic rings. The van der Waals surface area contributed by atoms with Crippen molar-refractivity contribution < 1.29 is 4.74 Å². The molecule has 0 aromatic carbocycles. The number of hydrogen-bond donors (Lipinski definition) is 3. The highest BCUT2D eigenvalue weighted by molar-refractivity contribution is 5.79. The average Bonchev–Trinajstić information content (AvgIpc) is 2.21. The fourth-order valence-corrected chi connectivity index (χ4v) is 0.966. The summed E-state index contributed by atoms with van der Waals surface area (Å²) in [7, 11) is 0. The van der Waals surface area contributed by atoms with Crippen molar-refractivity contribution in [2.45, 2.75) is 39.7 Å². The second-order valence-electron chi connectivity index (χ2n) is 3.57. The molecule has 5 heteroatoms. The van der Waals surface area contributed by atoms with E-state index in [1.165, 1.54) is 0 Å². The first-order valence-corrected chi connectivity index (χ1v) is 5.57. The molecule has 0 atom stereocenters. The van der Waals surface area contributed by atoms with E-state index in [1.54, 1.807) is 0 Å². The van der Waals surface area contributed by atoms with E-state index in [4.69, 9.17) is 10.6 Å². The standard InChI is InChI=1S/C10H24N4O/c1-4-5-6-12-10(14-11)13-7-8-15-9(2)3/h9H,4-8,11H2,1-3H3,(H2,12,13,14). The van der Waals surface area contributed by atoms with Crippen LogP contribution in [0.2, 0.25) is 0 Å². The summed E-state index contributed by atoms with van der Waals surface area (Å²) in [6.07, 6.45) is 2.48. The van der Waals surface area contributed by atoms with E-state index in [0.29, 0.717) is 19.1 Å². The van der Waals surface area contributed by atoms with E-state index in [1.807, 2.05) is 13.8 Å². The third-order valence-corrected chi connectivity index (χ3v) is 1.76. The lowest BCUT2D eigenvalue weighted by atomic mass is 10.3. The molecule has 0 aliphatic carbocycles. The van der Waals surface area contributed by atoms with Crippen LogP contribution in [0.4, 0.5) is 0 Å². The van der Waals surface area contributed by atoms with Gasteiger partial charge in [0.2, 0.25) is 5.96 Å². The van der Waals surface area contributed by atoms with Gasteiger partial charge in [-0.3, -0.25) is 10.4 Å². The summed E-state index contributed by atoms with van der Waals surface area (Å²) in [5.41, 5.74) is 2.53. The van der Waals surface area contributed by atoms with Crippen LogP contribution in [0.15, 0.2) is 4.99 Å². The van der Waals surface area contributed by atoms with Gasteiger partial charge in [0.1, 0.15) is 0 Å². The summed E-state index contributed by atoms with van der Waals surface area (Å²) in [4.78, 5) is 4.26. The highest BCUT2D eigenvalue weighted by atomic mass is 16.5. The largest absolute Gasteiger partial charge is 0.377 e. The molecule has 0 amide bonds. The lowest BCUT2D eigenvalue weighted by molar-refractivity contribution is 0.0829. The predicted octanol–water partition coefficient (Wildman–Crippen LogP) is 0.620. The first-order valence-electron chi connectivity index (χ1n) is 5.57. The molecule has 0 aliphatic heterocycles. The highest BCUT2D eigenvalue weighted by Crippen LogP contribution is 1.87. The molecular weight excluding hydrogens is 192 g/mol. The Morgan fingerprint density at radius 3 is 2.73 bits per heavy atom. The molecule has 0 aromatic rings. The molecule has 5 nitrogen and oxygen atoms in total. The van der Waals surface area contributed by atoms with E-state index >= 15 is 0 Å². The van der Waals surface area contributed by atoms with E-state index in [0.717, 1.165) is 19.4 Å². The molecule has 0 saturated heterocycles. The maximum absolute atomic E-state index is 5.38. The van der Waals surface area contributed by atoms with E-state index in [9.17, 15) is 0 Å². The highest BCUT2D eigenvalue weighted by Gasteiger charge is 1.96. The molecule has 0 unspecified atom stereocenters. The Hall–Kier alpha value is -0.810. The van der Waals surface area contributed by atoms with Gasteiger partial charge < -0.3 is 10.1 Å². The molecule has 90 valence electrons. The molecule has 0 spiro atoms. The Balaban J connectivity index is 3.56. The van der Waals surface area contributed by atoms with Crippen molar-refractivity contribution in [3.8, 4) is 0 Å². The van der Waals surface area contributed by atoms with Gasteiger partial charge >= 0.3 is 0 Å². The van der Waals surface area contributed by atoms with E-state index < -0.39 is 0 Å². The fourth-order valence-electron chi connectivity index (χ4n) is 0.966. The van der Waals surface area contributed by atoms with Crippen molar-refractivity contribution in [1.29, 1.82) is 0 Å². The average molecular weight is 216 g/mol. The van der Waals surface area contributed by atoms with Crippen molar-refractivity contribution in [2.24, 2.45) is 10.8 Å². The molecule has 4 N–H and O–H groups in total. The van der Waals surface area contributed by atoms with Gasteiger partial charge in [0.25, 0.3) is 0 Å². The van der Waals surface area contributed by atoms with Crippen molar-refractivity contribution in [1.82, 2.24) is 10.7 Å². The van der Waals surface area contributed by atoms with Crippen LogP contribution in [0.1, 0.15) is 33.6 Å². The van der Waals surface area contributed by atoms with Crippen LogP contribution >= 0.6 is 0 Å². The lowest BCUT2D eigenvalue weighted by Gasteiger charge is -2.10. The van der Waals surface area contributed by atoms with Crippen LogP contribution in [0.25, 0.3) is 0 Å². The second-order valence-corrected chi connectivity index (χ2v) is 3.57. The molecule has 0 radical (unpaired) electrons. The van der Waals surface area contributed by atoms with Crippen LogP contribution in [-0.4, -0.2) is 31.8 Å². The van der Waals surface area contributed by atoms with E-state index in [2.05, 4.69) is 22.7 Å². The SMILES string of the molecule is CCCCN=C(NN)NCCOC(C)C. The van der Waals surface area contributed by atoms with Crippen LogP contribution in [0, 0.1) is 0 Å². The molecule has 0 aromatic heterocycles. The van der Waals surface area contributed by atoms with Gasteiger partial charge in [0.15, 0.2) is 0 Å². The first kappa shape index (κ1) is 14.2. The maximum atomic E-state index is 5.38. The molecule has 15 heavy (non-hydrogen) atoms. The Bertz CT molecular complexity index is 171. The smallest absolute Gasteiger partial charge is 0.205 e. The Morgan fingerprint density at radius 1 is 1.47 bits per heavy atom. The van der Waals surface area contributed by atoms with Gasteiger partial charge in [0, 0.05) is 13.1 Å². The van der Waals surface area contributed by atoms with Gasteiger partial charge in [-0.2, -0.15) is 0 Å². The number of nitrogens with one attached hydrogen (secondary N) is 2. The summed E-state index contributed by atoms with van der Waals surface area (Å²) < 4.78 is 5.38. The third-order valence-electron chi connectivity index (χ3n) is 1.76. The fraction of sp³-hybridized carbons (Fsp3) is 0.900. The normalized spacial score (nSPS) is 11.9. The number of unbranched alkanes of at least 4 members (excludes halogenated alkanes) is 1. The summed E-state index contributed by atoms with van der Waals surface area (Å²) in [6, 6.07) is 0. The Kier molecular flexibility index (Phi) is 9.21. The summed E-state index contributed by atoms with van der Waals surface area (Å²) >= 11 is 0. The van der Waals surface area contributed by atoms with Crippen LogP contribution in [0.5, 0.6) is 0 Å². The number of hydrogen-bond acceptors (Lipinski definition) is 3. The summed E-state index contributed by atoms with van der Waals surface area (Å²) in [5, 5.41) is 3.07. The first-order chi connectivity index (χ1) is 7.20. The number of rotatable bonds is 7. The number of ether oxygens (including phenoxy) is 1. The minimum atomic E-state index is 0.262. The quantitative estimate of drug-likeness (QED) is 0.192. The molecular formula is C10H24N4O. The number of hydrazine groups is 1. The zero-order valence-corrected chi connectivity index (χ0v) is 10.0. The molecule has 0 fully saturated rings. The van der Waals surface area contributed by atoms with Crippen molar-refractivity contribution in [3.05, 3.63) is 0 Å². The lowest BCUT2D eigenvalue weighted by Crippen LogP contribution is -2.43. The van der Waals surface area contributed by atoms with Gasteiger partial charge in [-0.05, 0) is 20.3 Å². The number of aliphatic imine (C=N–C) groups is 1. The monoisotopic (exact) mass is 216 g/mol. The maximum Gasteiger partial charge on any atom is 0.205 e. The molecule has 0 saturated carbocycles. The van der Waals surface area contributed by atoms with Gasteiger partial charge in [-0.25, -0.2) is 5.84 Å². The van der Waals surface area contributed by atoms with Gasteiger partial charge in [-0.1, -0.05) is 13.3 Å². The summed E-state index contributed by atoms with van der Waals surface area (Å²) in [6.45, 7) is 8.33. The van der Waals surface area contributed by atoms with Crippen molar-refractivity contribution in [3.63, 3.8) is 0 Å². The number of nitrogens with two attached hydrogens (primary N) is 1. The van der Waals surface area contributed by atoms with Crippen molar-refractivity contribution in [2.75, 3.05) is 19.7 Å². The van der Waals surface area contributed by atoms with Crippen LogP contribution in [-0.2, 0) is 4.74 Å². The molecule has 0 heterocycles. The minimum Gasteiger partial charge on any atom is -0.377 e.